The number of methoxy groups -OCH3 is 3. The SMILES string of the molecule is COC(=O)c1cccc(N(C)C(=O)N(C)CCC(c2ccc(OC)cc2)c2ccc(OC)cc2)c1. The van der Waals surface area contributed by atoms with Gasteiger partial charge < -0.3 is 19.1 Å². The number of ether oxygens (including phenoxy) is 3. The first-order valence-corrected chi connectivity index (χ1v) is 11.3. The van der Waals surface area contributed by atoms with E-state index >= 15 is 0 Å². The molecule has 0 aliphatic rings. The summed E-state index contributed by atoms with van der Waals surface area (Å²) in [6.45, 7) is 0.530. The number of urea groups is 1. The van der Waals surface area contributed by atoms with Crippen LogP contribution in [0.15, 0.2) is 72.8 Å². The van der Waals surface area contributed by atoms with Gasteiger partial charge in [0, 0.05) is 32.2 Å². The van der Waals surface area contributed by atoms with E-state index in [-0.39, 0.29) is 11.9 Å². The van der Waals surface area contributed by atoms with Crippen molar-refractivity contribution in [3.05, 3.63) is 89.5 Å². The molecule has 2 amide bonds. The quantitative estimate of drug-likeness (QED) is 0.397. The molecule has 0 spiro atoms. The Balaban J connectivity index is 1.76. The zero-order valence-corrected chi connectivity index (χ0v) is 20.9. The molecule has 0 atom stereocenters. The molecule has 0 saturated carbocycles. The number of carbonyl (C=O) groups is 2. The van der Waals surface area contributed by atoms with Crippen molar-refractivity contribution in [2.75, 3.05) is 46.9 Å². The number of rotatable bonds is 9. The van der Waals surface area contributed by atoms with Gasteiger partial charge in [-0.3, -0.25) is 4.90 Å². The second-order valence-electron chi connectivity index (χ2n) is 8.19. The van der Waals surface area contributed by atoms with Crippen LogP contribution in [0.25, 0.3) is 0 Å². The van der Waals surface area contributed by atoms with Crippen LogP contribution in [0.3, 0.4) is 0 Å². The highest BCUT2D eigenvalue weighted by Crippen LogP contribution is 2.31. The Morgan fingerprint density at radius 2 is 1.34 bits per heavy atom. The summed E-state index contributed by atoms with van der Waals surface area (Å²) in [5, 5.41) is 0. The van der Waals surface area contributed by atoms with E-state index in [9.17, 15) is 9.59 Å². The Kier molecular flexibility index (Phi) is 8.73. The zero-order chi connectivity index (χ0) is 25.4. The normalized spacial score (nSPS) is 10.6. The number of esters is 1. The minimum Gasteiger partial charge on any atom is -0.497 e. The Morgan fingerprint density at radius 1 is 0.800 bits per heavy atom. The smallest absolute Gasteiger partial charge is 0.337 e. The highest BCUT2D eigenvalue weighted by Gasteiger charge is 2.21. The van der Waals surface area contributed by atoms with Crippen LogP contribution in [0.5, 0.6) is 11.5 Å². The summed E-state index contributed by atoms with van der Waals surface area (Å²) in [6.07, 6.45) is 0.719. The molecule has 0 fully saturated rings. The van der Waals surface area contributed by atoms with Gasteiger partial charge in [-0.2, -0.15) is 0 Å². The van der Waals surface area contributed by atoms with E-state index in [1.54, 1.807) is 57.5 Å². The Bertz CT molecular complexity index is 1080. The lowest BCUT2D eigenvalue weighted by Crippen LogP contribution is -2.39. The number of hydrogen-bond donors (Lipinski definition) is 0. The van der Waals surface area contributed by atoms with Crippen LogP contribution in [-0.2, 0) is 4.74 Å². The van der Waals surface area contributed by atoms with Gasteiger partial charge in [0.2, 0.25) is 0 Å². The molecule has 0 aliphatic heterocycles. The third-order valence-electron chi connectivity index (χ3n) is 6.06. The van der Waals surface area contributed by atoms with E-state index in [4.69, 9.17) is 14.2 Å². The molecular formula is C28H32N2O5. The Morgan fingerprint density at radius 3 is 1.83 bits per heavy atom. The molecule has 0 heterocycles. The number of amides is 2. The van der Waals surface area contributed by atoms with Gasteiger partial charge in [0.1, 0.15) is 11.5 Å². The molecule has 0 bridgehead atoms. The van der Waals surface area contributed by atoms with Gasteiger partial charge in [-0.1, -0.05) is 30.3 Å². The first kappa shape index (κ1) is 25.6. The van der Waals surface area contributed by atoms with Crippen LogP contribution < -0.4 is 14.4 Å². The molecule has 3 rings (SSSR count). The fraction of sp³-hybridized carbons (Fsp3) is 0.286. The first-order chi connectivity index (χ1) is 16.9. The van der Waals surface area contributed by atoms with Crippen molar-refractivity contribution >= 4 is 17.7 Å². The van der Waals surface area contributed by atoms with Crippen LogP contribution in [0.2, 0.25) is 0 Å². The summed E-state index contributed by atoms with van der Waals surface area (Å²) in [6, 6.07) is 22.7. The van der Waals surface area contributed by atoms with E-state index in [0.717, 1.165) is 29.0 Å². The summed E-state index contributed by atoms with van der Waals surface area (Å²) in [5.41, 5.74) is 3.28. The van der Waals surface area contributed by atoms with Crippen LogP contribution in [-0.4, -0.2) is 58.9 Å². The van der Waals surface area contributed by atoms with E-state index in [1.165, 1.54) is 12.0 Å². The lowest BCUT2D eigenvalue weighted by molar-refractivity contribution is 0.0600. The average molecular weight is 477 g/mol. The summed E-state index contributed by atoms with van der Waals surface area (Å²) in [4.78, 5) is 28.2. The van der Waals surface area contributed by atoms with Gasteiger partial charge in [-0.25, -0.2) is 9.59 Å². The molecule has 0 unspecified atom stereocenters. The minimum atomic E-state index is -0.442. The van der Waals surface area contributed by atoms with E-state index in [1.807, 2.05) is 24.3 Å². The van der Waals surface area contributed by atoms with Crippen molar-refractivity contribution in [2.24, 2.45) is 0 Å². The second-order valence-corrected chi connectivity index (χ2v) is 8.19. The number of anilines is 1. The van der Waals surface area contributed by atoms with Crippen molar-refractivity contribution in [3.63, 3.8) is 0 Å². The lowest BCUT2D eigenvalue weighted by Gasteiger charge is -2.27. The van der Waals surface area contributed by atoms with Crippen LogP contribution >= 0.6 is 0 Å². The number of nitrogens with zero attached hydrogens (tertiary/aromatic N) is 2. The summed E-state index contributed by atoms with van der Waals surface area (Å²) in [7, 11) is 8.10. The van der Waals surface area contributed by atoms with Gasteiger partial charge >= 0.3 is 12.0 Å². The van der Waals surface area contributed by atoms with Crippen molar-refractivity contribution in [3.8, 4) is 11.5 Å². The van der Waals surface area contributed by atoms with Gasteiger partial charge in [-0.15, -0.1) is 0 Å². The molecule has 35 heavy (non-hydrogen) atoms. The highest BCUT2D eigenvalue weighted by molar-refractivity contribution is 5.95. The molecule has 0 saturated heterocycles. The van der Waals surface area contributed by atoms with Crippen molar-refractivity contribution in [1.29, 1.82) is 0 Å². The maximum Gasteiger partial charge on any atom is 0.337 e. The van der Waals surface area contributed by atoms with Gasteiger partial charge in [0.15, 0.2) is 0 Å². The molecule has 7 heteroatoms. The average Bonchev–Trinajstić information content (AvgIpc) is 2.92. The van der Waals surface area contributed by atoms with Gasteiger partial charge in [-0.05, 0) is 60.0 Å². The predicted molar refractivity (Wildman–Crippen MR) is 137 cm³/mol. The molecule has 3 aromatic carbocycles. The monoisotopic (exact) mass is 476 g/mol. The number of hydrogen-bond acceptors (Lipinski definition) is 5. The van der Waals surface area contributed by atoms with Crippen LogP contribution in [0.1, 0.15) is 33.8 Å². The Hall–Kier alpha value is -4.00. The molecule has 3 aromatic rings. The molecule has 0 aliphatic carbocycles. The largest absolute Gasteiger partial charge is 0.497 e. The first-order valence-electron chi connectivity index (χ1n) is 11.3. The molecule has 0 radical (unpaired) electrons. The summed E-state index contributed by atoms with van der Waals surface area (Å²) in [5.74, 6) is 1.23. The molecular weight excluding hydrogens is 444 g/mol. The lowest BCUT2D eigenvalue weighted by atomic mass is 9.88. The fourth-order valence-corrected chi connectivity index (χ4v) is 3.94. The van der Waals surface area contributed by atoms with Crippen molar-refractivity contribution in [1.82, 2.24) is 4.90 Å². The number of benzene rings is 3. The van der Waals surface area contributed by atoms with Crippen molar-refractivity contribution < 1.29 is 23.8 Å². The minimum absolute atomic E-state index is 0.0787. The topological polar surface area (TPSA) is 68.3 Å². The summed E-state index contributed by atoms with van der Waals surface area (Å²) < 4.78 is 15.4. The molecule has 0 aromatic heterocycles. The van der Waals surface area contributed by atoms with Crippen LogP contribution in [0.4, 0.5) is 10.5 Å². The second kappa shape index (κ2) is 11.9. The third-order valence-corrected chi connectivity index (χ3v) is 6.06. The van der Waals surface area contributed by atoms with E-state index < -0.39 is 5.97 Å². The summed E-state index contributed by atoms with van der Waals surface area (Å²) >= 11 is 0. The third kappa shape index (κ3) is 6.32. The standard InChI is InChI=1S/C28H32N2O5/c1-29(28(32)30(2)23-8-6-7-22(19-23)27(31)35-5)18-17-26(20-9-13-24(33-3)14-10-20)21-11-15-25(34-4)16-12-21/h6-16,19,26H,17-18H2,1-5H3. The maximum atomic E-state index is 13.1. The predicted octanol–water partition coefficient (Wildman–Crippen LogP) is 5.20. The Labute approximate surface area is 206 Å². The maximum absolute atomic E-state index is 13.1. The molecule has 184 valence electrons. The van der Waals surface area contributed by atoms with E-state index in [2.05, 4.69) is 24.3 Å². The van der Waals surface area contributed by atoms with Crippen molar-refractivity contribution in [2.45, 2.75) is 12.3 Å². The van der Waals surface area contributed by atoms with Gasteiger partial charge in [0.25, 0.3) is 0 Å². The number of carbonyl (C=O) groups excluding carboxylic acids is 2. The molecule has 7 nitrogen and oxygen atoms in total. The zero-order valence-electron chi connectivity index (χ0n) is 20.9. The van der Waals surface area contributed by atoms with Crippen LogP contribution in [0, 0.1) is 0 Å². The highest BCUT2D eigenvalue weighted by atomic mass is 16.5. The van der Waals surface area contributed by atoms with Gasteiger partial charge in [0.05, 0.1) is 26.9 Å². The fourth-order valence-electron chi connectivity index (χ4n) is 3.94. The molecule has 0 N–H and O–H groups in total. The van der Waals surface area contributed by atoms with E-state index in [0.29, 0.717) is 17.8 Å².